The van der Waals surface area contributed by atoms with Crippen molar-refractivity contribution in [3.8, 4) is 0 Å². The number of aromatic nitrogens is 1. The Morgan fingerprint density at radius 1 is 1.07 bits per heavy atom. The monoisotopic (exact) mass is 390 g/mol. The molecule has 1 aromatic heterocycles. The van der Waals surface area contributed by atoms with E-state index in [1.165, 1.54) is 10.8 Å². The standard InChI is InChI=1S/C23H22N2O2S/c1-3-27-15-14-25-20-13-12-17-6-4-5-7-19(17)21(20)28-23(25)24-22(26)18-10-8-16(2)9-11-18/h4-13H,3,14-15H2,1-2H3. The predicted octanol–water partition coefficient (Wildman–Crippen LogP) is 4.94. The second kappa shape index (κ2) is 8.09. The number of carbonyl (C=O) groups is 1. The molecule has 5 heteroatoms. The number of thiazole rings is 1. The summed E-state index contributed by atoms with van der Waals surface area (Å²) in [5, 5.41) is 2.36. The topological polar surface area (TPSA) is 43.6 Å². The third-order valence-corrected chi connectivity index (χ3v) is 5.86. The fourth-order valence-electron chi connectivity index (χ4n) is 3.25. The van der Waals surface area contributed by atoms with Crippen LogP contribution < -0.4 is 4.80 Å². The van der Waals surface area contributed by atoms with Gasteiger partial charge in [0.2, 0.25) is 0 Å². The molecule has 3 aromatic carbocycles. The van der Waals surface area contributed by atoms with E-state index in [2.05, 4.69) is 33.8 Å². The zero-order valence-corrected chi connectivity index (χ0v) is 16.8. The summed E-state index contributed by atoms with van der Waals surface area (Å²) in [7, 11) is 0. The Morgan fingerprint density at radius 2 is 1.86 bits per heavy atom. The molecule has 4 aromatic rings. The summed E-state index contributed by atoms with van der Waals surface area (Å²) in [6, 6.07) is 20.1. The van der Waals surface area contributed by atoms with Crippen LogP contribution in [0.25, 0.3) is 21.0 Å². The van der Waals surface area contributed by atoms with Crippen LogP contribution in [0.15, 0.2) is 65.7 Å². The van der Waals surface area contributed by atoms with Crippen molar-refractivity contribution in [2.24, 2.45) is 4.99 Å². The van der Waals surface area contributed by atoms with Crippen molar-refractivity contribution in [1.82, 2.24) is 4.57 Å². The lowest BCUT2D eigenvalue weighted by Crippen LogP contribution is -2.19. The lowest BCUT2D eigenvalue weighted by Gasteiger charge is -2.06. The molecule has 0 saturated heterocycles. The maximum absolute atomic E-state index is 12.7. The Kier molecular flexibility index (Phi) is 5.37. The zero-order valence-electron chi connectivity index (χ0n) is 16.0. The fraction of sp³-hybridized carbons (Fsp3) is 0.217. The van der Waals surface area contributed by atoms with Crippen LogP contribution in [0.2, 0.25) is 0 Å². The zero-order chi connectivity index (χ0) is 19.5. The second-order valence-corrected chi connectivity index (χ2v) is 7.63. The van der Waals surface area contributed by atoms with Gasteiger partial charge in [0.25, 0.3) is 5.91 Å². The highest BCUT2D eigenvalue weighted by Gasteiger charge is 2.11. The van der Waals surface area contributed by atoms with Crippen molar-refractivity contribution in [3.63, 3.8) is 0 Å². The molecular weight excluding hydrogens is 368 g/mol. The quantitative estimate of drug-likeness (QED) is 0.453. The molecule has 0 atom stereocenters. The minimum absolute atomic E-state index is 0.221. The van der Waals surface area contributed by atoms with Crippen LogP contribution in [-0.4, -0.2) is 23.7 Å². The molecule has 0 fully saturated rings. The predicted molar refractivity (Wildman–Crippen MR) is 115 cm³/mol. The van der Waals surface area contributed by atoms with E-state index in [-0.39, 0.29) is 5.91 Å². The largest absolute Gasteiger partial charge is 0.380 e. The number of ether oxygens (including phenoxy) is 1. The van der Waals surface area contributed by atoms with Crippen molar-refractivity contribution < 1.29 is 9.53 Å². The lowest BCUT2D eigenvalue weighted by molar-refractivity contribution is 0.0996. The van der Waals surface area contributed by atoms with Gasteiger partial charge in [-0.25, -0.2) is 0 Å². The third kappa shape index (κ3) is 3.63. The van der Waals surface area contributed by atoms with E-state index in [0.29, 0.717) is 30.1 Å². The first-order chi connectivity index (χ1) is 13.7. The average Bonchev–Trinajstić information content (AvgIpc) is 3.06. The van der Waals surface area contributed by atoms with E-state index in [4.69, 9.17) is 4.74 Å². The van der Waals surface area contributed by atoms with E-state index in [9.17, 15) is 4.79 Å². The molecule has 0 aliphatic carbocycles. The number of hydrogen-bond donors (Lipinski definition) is 0. The van der Waals surface area contributed by atoms with Crippen molar-refractivity contribution in [3.05, 3.63) is 76.6 Å². The number of benzene rings is 3. The maximum Gasteiger partial charge on any atom is 0.279 e. The Hall–Kier alpha value is -2.76. The minimum Gasteiger partial charge on any atom is -0.380 e. The molecule has 0 N–H and O–H groups in total. The number of carbonyl (C=O) groups excluding carboxylic acids is 1. The van der Waals surface area contributed by atoms with E-state index in [1.807, 2.05) is 50.2 Å². The second-order valence-electron chi connectivity index (χ2n) is 6.65. The summed E-state index contributed by atoms with van der Waals surface area (Å²) >= 11 is 1.56. The minimum atomic E-state index is -0.221. The van der Waals surface area contributed by atoms with Gasteiger partial charge in [-0.15, -0.1) is 0 Å². The Balaban J connectivity index is 1.87. The van der Waals surface area contributed by atoms with E-state index < -0.39 is 0 Å². The molecule has 0 saturated carbocycles. The summed E-state index contributed by atoms with van der Waals surface area (Å²) in [5.74, 6) is -0.221. The molecule has 0 aliphatic rings. The first-order valence-electron chi connectivity index (χ1n) is 9.42. The molecule has 1 amide bonds. The Bertz CT molecular complexity index is 1200. The van der Waals surface area contributed by atoms with Gasteiger partial charge in [0, 0.05) is 24.1 Å². The Morgan fingerprint density at radius 3 is 2.64 bits per heavy atom. The third-order valence-electron chi connectivity index (χ3n) is 4.73. The highest BCUT2D eigenvalue weighted by atomic mass is 32.1. The lowest BCUT2D eigenvalue weighted by atomic mass is 10.1. The summed E-state index contributed by atoms with van der Waals surface area (Å²) in [6.07, 6.45) is 0. The molecule has 28 heavy (non-hydrogen) atoms. The highest BCUT2D eigenvalue weighted by molar-refractivity contribution is 7.17. The van der Waals surface area contributed by atoms with Crippen molar-refractivity contribution >= 4 is 38.2 Å². The average molecular weight is 391 g/mol. The van der Waals surface area contributed by atoms with Crippen molar-refractivity contribution in [2.45, 2.75) is 20.4 Å². The fourth-order valence-corrected chi connectivity index (χ4v) is 4.44. The maximum atomic E-state index is 12.7. The van der Waals surface area contributed by atoms with Gasteiger partial charge in [-0.3, -0.25) is 4.79 Å². The van der Waals surface area contributed by atoms with Crippen molar-refractivity contribution in [2.75, 3.05) is 13.2 Å². The summed E-state index contributed by atoms with van der Waals surface area (Å²) < 4.78 is 8.79. The highest BCUT2D eigenvalue weighted by Crippen LogP contribution is 2.27. The van der Waals surface area contributed by atoms with Crippen LogP contribution in [0.5, 0.6) is 0 Å². The van der Waals surface area contributed by atoms with Crippen LogP contribution in [0.4, 0.5) is 0 Å². The van der Waals surface area contributed by atoms with Crippen LogP contribution >= 0.6 is 11.3 Å². The van der Waals surface area contributed by atoms with Gasteiger partial charge < -0.3 is 9.30 Å². The molecule has 1 heterocycles. The molecular formula is C23H22N2O2S. The van der Waals surface area contributed by atoms with Crippen LogP contribution in [0.1, 0.15) is 22.8 Å². The van der Waals surface area contributed by atoms with Crippen molar-refractivity contribution in [1.29, 1.82) is 0 Å². The first-order valence-corrected chi connectivity index (χ1v) is 10.2. The smallest absolute Gasteiger partial charge is 0.279 e. The molecule has 4 nitrogen and oxygen atoms in total. The summed E-state index contributed by atoms with van der Waals surface area (Å²) in [4.78, 5) is 17.9. The molecule has 0 spiro atoms. The molecule has 0 radical (unpaired) electrons. The summed E-state index contributed by atoms with van der Waals surface area (Å²) in [6.45, 7) is 5.90. The molecule has 0 unspecified atom stereocenters. The number of aryl methyl sites for hydroxylation is 1. The van der Waals surface area contributed by atoms with Gasteiger partial charge in [0.05, 0.1) is 16.8 Å². The van der Waals surface area contributed by atoms with Gasteiger partial charge >= 0.3 is 0 Å². The van der Waals surface area contributed by atoms with Gasteiger partial charge in [0.15, 0.2) is 4.80 Å². The molecule has 0 aliphatic heterocycles. The van der Waals surface area contributed by atoms with E-state index in [0.717, 1.165) is 15.8 Å². The number of rotatable bonds is 5. The van der Waals surface area contributed by atoms with E-state index in [1.54, 1.807) is 11.3 Å². The molecule has 142 valence electrons. The number of amides is 1. The van der Waals surface area contributed by atoms with E-state index >= 15 is 0 Å². The normalized spacial score (nSPS) is 12.1. The Labute approximate surface area is 167 Å². The van der Waals surface area contributed by atoms with Gasteiger partial charge in [0.1, 0.15) is 0 Å². The molecule has 4 rings (SSSR count). The number of nitrogens with zero attached hydrogens (tertiary/aromatic N) is 2. The summed E-state index contributed by atoms with van der Waals surface area (Å²) in [5.41, 5.74) is 2.81. The van der Waals surface area contributed by atoms with Gasteiger partial charge in [-0.2, -0.15) is 4.99 Å². The van der Waals surface area contributed by atoms with Crippen LogP contribution in [-0.2, 0) is 11.3 Å². The number of hydrogen-bond acceptors (Lipinski definition) is 3. The molecule has 0 bridgehead atoms. The van der Waals surface area contributed by atoms with Crippen LogP contribution in [0, 0.1) is 6.92 Å². The first kappa shape index (κ1) is 18.6. The van der Waals surface area contributed by atoms with Gasteiger partial charge in [-0.1, -0.05) is 59.4 Å². The van der Waals surface area contributed by atoms with Gasteiger partial charge in [-0.05, 0) is 37.4 Å². The SMILES string of the molecule is CCOCCn1c(=NC(=O)c2ccc(C)cc2)sc2c3ccccc3ccc21. The van der Waals surface area contributed by atoms with Crippen LogP contribution in [0.3, 0.4) is 0 Å². The number of fused-ring (bicyclic) bond motifs is 3.